The topological polar surface area (TPSA) is 0 Å². The Morgan fingerprint density at radius 3 is 2.69 bits per heavy atom. The molecule has 0 radical (unpaired) electrons. The van der Waals surface area contributed by atoms with Crippen LogP contribution in [0, 0.1) is 5.82 Å². The van der Waals surface area contributed by atoms with Gasteiger partial charge in [0.05, 0.1) is 0 Å². The second-order valence-corrected chi connectivity index (χ2v) is 3.20. The van der Waals surface area contributed by atoms with Crippen LogP contribution in [0.5, 0.6) is 0 Å². The molecule has 1 aromatic rings. The van der Waals surface area contributed by atoms with Gasteiger partial charge in [-0.2, -0.15) is 0 Å². The van der Waals surface area contributed by atoms with E-state index in [-0.39, 0.29) is 5.82 Å². The van der Waals surface area contributed by atoms with E-state index in [0.717, 1.165) is 12.0 Å². The second kappa shape index (κ2) is 4.80. The molecule has 0 N–H and O–H groups in total. The smallest absolute Gasteiger partial charge is 0.126 e. The minimum atomic E-state index is -0.109. The normalized spacial score (nSPS) is 11.8. The van der Waals surface area contributed by atoms with Crippen LogP contribution in [0.3, 0.4) is 0 Å². The zero-order valence-electron chi connectivity index (χ0n) is 8.18. The van der Waals surface area contributed by atoms with Crippen LogP contribution in [-0.4, -0.2) is 0 Å². The average molecular weight is 178 g/mol. The molecule has 13 heavy (non-hydrogen) atoms. The number of benzene rings is 1. The van der Waals surface area contributed by atoms with E-state index in [1.54, 1.807) is 6.07 Å². The molecule has 0 saturated heterocycles. The Hall–Kier alpha value is -1.11. The van der Waals surface area contributed by atoms with E-state index >= 15 is 0 Å². The van der Waals surface area contributed by atoms with E-state index in [0.29, 0.717) is 6.42 Å². The molecular formula is C12H15F. The van der Waals surface area contributed by atoms with Crippen molar-refractivity contribution >= 4 is 0 Å². The third kappa shape index (κ3) is 3.02. The van der Waals surface area contributed by atoms with E-state index in [9.17, 15) is 4.39 Å². The summed E-state index contributed by atoms with van der Waals surface area (Å²) in [5, 5.41) is 0. The van der Waals surface area contributed by atoms with Gasteiger partial charge in [0.1, 0.15) is 5.82 Å². The molecule has 0 aliphatic heterocycles. The molecule has 0 heterocycles. The lowest BCUT2D eigenvalue weighted by atomic mass is 10.1. The predicted molar refractivity (Wildman–Crippen MR) is 54.2 cm³/mol. The summed E-state index contributed by atoms with van der Waals surface area (Å²) in [6.45, 7) is 4.17. The van der Waals surface area contributed by atoms with Crippen molar-refractivity contribution in [3.63, 3.8) is 0 Å². The molecule has 0 atom stereocenters. The van der Waals surface area contributed by atoms with Gasteiger partial charge < -0.3 is 0 Å². The van der Waals surface area contributed by atoms with Gasteiger partial charge in [0.15, 0.2) is 0 Å². The Morgan fingerprint density at radius 2 is 2.08 bits per heavy atom. The van der Waals surface area contributed by atoms with Crippen LogP contribution in [0.4, 0.5) is 4.39 Å². The quantitative estimate of drug-likeness (QED) is 0.619. The minimum absolute atomic E-state index is 0.109. The first-order chi connectivity index (χ1) is 6.24. The van der Waals surface area contributed by atoms with Crippen LogP contribution in [0.15, 0.2) is 35.9 Å². The van der Waals surface area contributed by atoms with Crippen molar-refractivity contribution in [1.29, 1.82) is 0 Å². The average Bonchev–Trinajstić information content (AvgIpc) is 2.16. The fraction of sp³-hybridized carbons (Fsp3) is 0.333. The van der Waals surface area contributed by atoms with Crippen molar-refractivity contribution in [3.8, 4) is 0 Å². The zero-order chi connectivity index (χ0) is 9.68. The molecule has 1 rings (SSSR count). The van der Waals surface area contributed by atoms with Gasteiger partial charge in [0.25, 0.3) is 0 Å². The van der Waals surface area contributed by atoms with Gasteiger partial charge in [0, 0.05) is 0 Å². The van der Waals surface area contributed by atoms with E-state index in [2.05, 4.69) is 19.9 Å². The maximum Gasteiger partial charge on any atom is 0.126 e. The lowest BCUT2D eigenvalue weighted by Gasteiger charge is -1.99. The van der Waals surface area contributed by atoms with Gasteiger partial charge >= 0.3 is 0 Å². The zero-order valence-corrected chi connectivity index (χ0v) is 8.18. The third-order valence-electron chi connectivity index (χ3n) is 2.19. The number of rotatable bonds is 3. The lowest BCUT2D eigenvalue weighted by Crippen LogP contribution is -1.87. The lowest BCUT2D eigenvalue weighted by molar-refractivity contribution is 0.614. The third-order valence-corrected chi connectivity index (χ3v) is 2.19. The van der Waals surface area contributed by atoms with Crippen LogP contribution in [-0.2, 0) is 6.42 Å². The van der Waals surface area contributed by atoms with E-state index in [1.807, 2.05) is 12.1 Å². The summed E-state index contributed by atoms with van der Waals surface area (Å²) in [7, 11) is 0. The van der Waals surface area contributed by atoms with Crippen molar-refractivity contribution in [2.24, 2.45) is 0 Å². The summed E-state index contributed by atoms with van der Waals surface area (Å²) >= 11 is 0. The number of allylic oxidation sites excluding steroid dienone is 2. The molecule has 0 aliphatic carbocycles. The van der Waals surface area contributed by atoms with E-state index in [1.165, 1.54) is 11.6 Å². The summed E-state index contributed by atoms with van der Waals surface area (Å²) in [4.78, 5) is 0. The molecule has 0 amide bonds. The molecule has 1 heteroatoms. The van der Waals surface area contributed by atoms with Crippen molar-refractivity contribution in [1.82, 2.24) is 0 Å². The van der Waals surface area contributed by atoms with Crippen molar-refractivity contribution in [2.75, 3.05) is 0 Å². The highest BCUT2D eigenvalue weighted by Crippen LogP contribution is 2.09. The molecule has 0 nitrogen and oxygen atoms in total. The Labute approximate surface area is 79.1 Å². The first kappa shape index (κ1) is 9.97. The maximum absolute atomic E-state index is 13.1. The Balaban J connectivity index is 2.70. The van der Waals surface area contributed by atoms with Gasteiger partial charge in [-0.05, 0) is 31.4 Å². The predicted octanol–water partition coefficient (Wildman–Crippen LogP) is 3.72. The fourth-order valence-corrected chi connectivity index (χ4v) is 1.09. The van der Waals surface area contributed by atoms with E-state index in [4.69, 9.17) is 0 Å². The molecule has 0 fully saturated rings. The molecule has 0 spiro atoms. The second-order valence-electron chi connectivity index (χ2n) is 3.20. The van der Waals surface area contributed by atoms with Gasteiger partial charge in [-0.1, -0.05) is 36.8 Å². The maximum atomic E-state index is 13.1. The fourth-order valence-electron chi connectivity index (χ4n) is 1.09. The number of halogens is 1. The Morgan fingerprint density at radius 1 is 1.38 bits per heavy atom. The highest BCUT2D eigenvalue weighted by atomic mass is 19.1. The van der Waals surface area contributed by atoms with Crippen LogP contribution in [0.1, 0.15) is 25.8 Å². The monoisotopic (exact) mass is 178 g/mol. The number of hydrogen-bond donors (Lipinski definition) is 0. The molecule has 0 aromatic heterocycles. The highest BCUT2D eigenvalue weighted by Gasteiger charge is 1.97. The van der Waals surface area contributed by atoms with Gasteiger partial charge in [0.2, 0.25) is 0 Å². The van der Waals surface area contributed by atoms with Gasteiger partial charge in [-0.3, -0.25) is 0 Å². The van der Waals surface area contributed by atoms with E-state index < -0.39 is 0 Å². The molecule has 0 bridgehead atoms. The molecule has 0 saturated carbocycles. The van der Waals surface area contributed by atoms with Crippen molar-refractivity contribution < 1.29 is 4.39 Å². The van der Waals surface area contributed by atoms with Crippen LogP contribution >= 0.6 is 0 Å². The highest BCUT2D eigenvalue weighted by molar-refractivity contribution is 5.20. The van der Waals surface area contributed by atoms with Crippen molar-refractivity contribution in [3.05, 3.63) is 47.3 Å². The summed E-state index contributed by atoms with van der Waals surface area (Å²) < 4.78 is 13.1. The molecule has 0 aliphatic rings. The first-order valence-corrected chi connectivity index (χ1v) is 4.63. The van der Waals surface area contributed by atoms with Crippen LogP contribution in [0.2, 0.25) is 0 Å². The standard InChI is InChI=1S/C12H15F/c1-3-10(2)8-9-11-6-4-5-7-12(11)13/h4-8H,3,9H2,1-2H3/b10-8+. The summed E-state index contributed by atoms with van der Waals surface area (Å²) in [6, 6.07) is 6.92. The summed E-state index contributed by atoms with van der Waals surface area (Å²) in [5.41, 5.74) is 2.08. The summed E-state index contributed by atoms with van der Waals surface area (Å²) in [6.07, 6.45) is 3.82. The minimum Gasteiger partial charge on any atom is -0.207 e. The molecule has 70 valence electrons. The summed E-state index contributed by atoms with van der Waals surface area (Å²) in [5.74, 6) is -0.109. The molecule has 0 unspecified atom stereocenters. The Bertz CT molecular complexity index is 300. The number of hydrogen-bond acceptors (Lipinski definition) is 0. The SMILES string of the molecule is CC/C(C)=C/Cc1ccccc1F. The van der Waals surface area contributed by atoms with Crippen LogP contribution in [0.25, 0.3) is 0 Å². The molecular weight excluding hydrogens is 163 g/mol. The first-order valence-electron chi connectivity index (χ1n) is 4.63. The molecule has 1 aromatic carbocycles. The Kier molecular flexibility index (Phi) is 3.69. The van der Waals surface area contributed by atoms with Gasteiger partial charge in [-0.15, -0.1) is 0 Å². The largest absolute Gasteiger partial charge is 0.207 e. The van der Waals surface area contributed by atoms with Crippen LogP contribution < -0.4 is 0 Å². The van der Waals surface area contributed by atoms with Gasteiger partial charge in [-0.25, -0.2) is 4.39 Å². The van der Waals surface area contributed by atoms with Crippen molar-refractivity contribution in [2.45, 2.75) is 26.7 Å².